The summed E-state index contributed by atoms with van der Waals surface area (Å²) in [5.41, 5.74) is 10.4. The van der Waals surface area contributed by atoms with Crippen molar-refractivity contribution in [3.63, 3.8) is 0 Å². The molecule has 1 aliphatic heterocycles. The third kappa shape index (κ3) is 7.31. The van der Waals surface area contributed by atoms with Gasteiger partial charge < -0.3 is 21.5 Å². The highest BCUT2D eigenvalue weighted by Gasteiger charge is 2.12. The molecule has 1 fully saturated rings. The highest BCUT2D eigenvalue weighted by Crippen LogP contribution is 2.27. The molecule has 0 unspecified atom stereocenters. The van der Waals surface area contributed by atoms with Crippen LogP contribution in [-0.2, 0) is 4.79 Å². The van der Waals surface area contributed by atoms with Crippen LogP contribution in [0.15, 0.2) is 22.3 Å². The fourth-order valence-corrected chi connectivity index (χ4v) is 2.77. The molecule has 0 spiro atoms. The fraction of sp³-hybridized carbons (Fsp3) is 0.462. The second kappa shape index (κ2) is 8.96. The van der Waals surface area contributed by atoms with Gasteiger partial charge in [-0.2, -0.15) is 5.10 Å². The molecule has 0 aromatic carbocycles. The van der Waals surface area contributed by atoms with Crippen molar-refractivity contribution < 1.29 is 9.90 Å². The summed E-state index contributed by atoms with van der Waals surface area (Å²) < 4.78 is 0. The maximum Gasteiger partial charge on any atom is 0.300 e. The van der Waals surface area contributed by atoms with Crippen molar-refractivity contribution in [3.05, 3.63) is 17.0 Å². The van der Waals surface area contributed by atoms with Gasteiger partial charge in [-0.15, -0.1) is 16.4 Å². The Morgan fingerprint density at radius 3 is 2.52 bits per heavy atom. The molecule has 0 bridgehead atoms. The number of aliphatic carboxylic acids is 1. The molecular weight excluding hydrogens is 290 g/mol. The maximum absolute atomic E-state index is 9.00. The molecule has 2 rings (SSSR count). The summed E-state index contributed by atoms with van der Waals surface area (Å²) in [5, 5.41) is 16.1. The number of nitrogens with zero attached hydrogens (tertiary/aromatic N) is 3. The summed E-state index contributed by atoms with van der Waals surface area (Å²) in [5.74, 6) is -0.853. The van der Waals surface area contributed by atoms with E-state index < -0.39 is 5.97 Å². The van der Waals surface area contributed by atoms with Crippen molar-refractivity contribution in [2.24, 2.45) is 21.7 Å². The van der Waals surface area contributed by atoms with Gasteiger partial charge in [0, 0.05) is 24.9 Å². The Balaban J connectivity index is 0.000000491. The van der Waals surface area contributed by atoms with E-state index >= 15 is 0 Å². The van der Waals surface area contributed by atoms with E-state index in [9.17, 15) is 0 Å². The van der Waals surface area contributed by atoms with E-state index in [4.69, 9.17) is 21.4 Å². The molecule has 1 aliphatic rings. The number of hydrogen-bond acceptors (Lipinski definition) is 5. The SMILES string of the molecule is CC(=O)O.NC(N)=N/N=C/c1ccc(N2CCCCC2)s1. The first-order valence-corrected chi connectivity index (χ1v) is 7.47. The largest absolute Gasteiger partial charge is 0.481 e. The van der Waals surface area contributed by atoms with Crippen molar-refractivity contribution in [1.82, 2.24) is 0 Å². The average molecular weight is 311 g/mol. The molecule has 2 heterocycles. The molecule has 0 aliphatic carbocycles. The summed E-state index contributed by atoms with van der Waals surface area (Å²) in [6.07, 6.45) is 5.60. The van der Waals surface area contributed by atoms with Gasteiger partial charge in [-0.1, -0.05) is 0 Å². The zero-order valence-electron chi connectivity index (χ0n) is 12.0. The number of rotatable bonds is 3. The van der Waals surface area contributed by atoms with Gasteiger partial charge in [0.15, 0.2) is 0 Å². The van der Waals surface area contributed by atoms with Gasteiger partial charge in [0.05, 0.1) is 11.2 Å². The molecule has 1 aromatic rings. The second-order valence-electron chi connectivity index (χ2n) is 4.51. The molecule has 7 nitrogen and oxygen atoms in total. The molecular formula is C13H21N5O2S. The Hall–Kier alpha value is -2.09. The highest BCUT2D eigenvalue weighted by molar-refractivity contribution is 7.17. The smallest absolute Gasteiger partial charge is 0.300 e. The van der Waals surface area contributed by atoms with E-state index in [0.29, 0.717) is 0 Å². The van der Waals surface area contributed by atoms with Gasteiger partial charge in [0.1, 0.15) is 0 Å². The third-order valence-corrected chi connectivity index (χ3v) is 3.72. The molecule has 0 amide bonds. The lowest BCUT2D eigenvalue weighted by Crippen LogP contribution is -2.28. The fourth-order valence-electron chi connectivity index (χ4n) is 1.85. The first kappa shape index (κ1) is 17.0. The van der Waals surface area contributed by atoms with E-state index in [0.717, 1.165) is 24.9 Å². The van der Waals surface area contributed by atoms with E-state index in [-0.39, 0.29) is 5.96 Å². The molecule has 8 heteroatoms. The van der Waals surface area contributed by atoms with Crippen molar-refractivity contribution in [2.45, 2.75) is 26.2 Å². The summed E-state index contributed by atoms with van der Waals surface area (Å²) >= 11 is 1.72. The Bertz CT molecular complexity index is 498. The lowest BCUT2D eigenvalue weighted by Gasteiger charge is -2.27. The first-order valence-electron chi connectivity index (χ1n) is 6.65. The minimum absolute atomic E-state index is 0.0194. The average Bonchev–Trinajstić information content (AvgIpc) is 2.87. The summed E-state index contributed by atoms with van der Waals surface area (Å²) in [4.78, 5) is 12.5. The number of piperidine rings is 1. The number of nitrogens with two attached hydrogens (primary N) is 2. The van der Waals surface area contributed by atoms with Crippen LogP contribution in [0.4, 0.5) is 5.00 Å². The quantitative estimate of drug-likeness (QED) is 0.443. The predicted octanol–water partition coefficient (Wildman–Crippen LogP) is 1.44. The number of carboxylic acid groups (broad SMARTS) is 1. The van der Waals surface area contributed by atoms with Crippen LogP contribution in [0.1, 0.15) is 31.1 Å². The molecule has 0 atom stereocenters. The Morgan fingerprint density at radius 2 is 1.95 bits per heavy atom. The molecule has 116 valence electrons. The number of carboxylic acids is 1. The lowest BCUT2D eigenvalue weighted by molar-refractivity contribution is -0.134. The van der Waals surface area contributed by atoms with Crippen molar-refractivity contribution >= 4 is 34.5 Å². The maximum atomic E-state index is 9.00. The van der Waals surface area contributed by atoms with Gasteiger partial charge in [0.25, 0.3) is 5.97 Å². The number of hydrogen-bond donors (Lipinski definition) is 3. The van der Waals surface area contributed by atoms with Crippen LogP contribution in [0.2, 0.25) is 0 Å². The normalized spacial score (nSPS) is 14.4. The first-order chi connectivity index (χ1) is 9.99. The van der Waals surface area contributed by atoms with Crippen molar-refractivity contribution in [1.29, 1.82) is 0 Å². The van der Waals surface area contributed by atoms with E-state index in [1.54, 1.807) is 17.6 Å². The topological polar surface area (TPSA) is 117 Å². The van der Waals surface area contributed by atoms with E-state index in [2.05, 4.69) is 21.2 Å². The minimum atomic E-state index is -0.833. The van der Waals surface area contributed by atoms with Gasteiger partial charge in [0.2, 0.25) is 5.96 Å². The third-order valence-electron chi connectivity index (χ3n) is 2.64. The molecule has 21 heavy (non-hydrogen) atoms. The van der Waals surface area contributed by atoms with E-state index in [1.807, 2.05) is 6.07 Å². The molecule has 1 aromatic heterocycles. The van der Waals surface area contributed by atoms with Crippen LogP contribution < -0.4 is 16.4 Å². The van der Waals surface area contributed by atoms with Crippen molar-refractivity contribution in [3.8, 4) is 0 Å². The molecule has 1 saturated heterocycles. The van der Waals surface area contributed by atoms with Crippen LogP contribution >= 0.6 is 11.3 Å². The standard InChI is InChI=1S/C11H17N5S.C2H4O2/c12-11(13)15-14-8-9-4-5-10(17-9)16-6-2-1-3-7-16;1-2(3)4/h4-5,8H,1-3,6-7H2,(H4,12,13,15);1H3,(H,3,4)/b14-8+;. The number of thiophene rings is 1. The Labute approximate surface area is 128 Å². The summed E-state index contributed by atoms with van der Waals surface area (Å²) in [6.45, 7) is 3.40. The minimum Gasteiger partial charge on any atom is -0.481 e. The number of guanidine groups is 1. The number of anilines is 1. The second-order valence-corrected chi connectivity index (χ2v) is 5.61. The van der Waals surface area contributed by atoms with Gasteiger partial charge in [-0.05, 0) is 31.4 Å². The van der Waals surface area contributed by atoms with Crippen LogP contribution in [0.3, 0.4) is 0 Å². The molecule has 0 saturated carbocycles. The monoisotopic (exact) mass is 311 g/mol. The van der Waals surface area contributed by atoms with Crippen LogP contribution in [0, 0.1) is 0 Å². The number of carbonyl (C=O) groups is 1. The highest BCUT2D eigenvalue weighted by atomic mass is 32.1. The predicted molar refractivity (Wildman–Crippen MR) is 87.1 cm³/mol. The summed E-state index contributed by atoms with van der Waals surface area (Å²) in [7, 11) is 0. The Morgan fingerprint density at radius 1 is 1.33 bits per heavy atom. The van der Waals surface area contributed by atoms with Gasteiger partial charge in [-0.25, -0.2) is 0 Å². The van der Waals surface area contributed by atoms with Crippen LogP contribution in [0.5, 0.6) is 0 Å². The lowest BCUT2D eigenvalue weighted by atomic mass is 10.1. The Kier molecular flexibility index (Phi) is 7.24. The summed E-state index contributed by atoms with van der Waals surface area (Å²) in [6, 6.07) is 4.17. The van der Waals surface area contributed by atoms with Gasteiger partial charge >= 0.3 is 0 Å². The van der Waals surface area contributed by atoms with Crippen molar-refractivity contribution in [2.75, 3.05) is 18.0 Å². The van der Waals surface area contributed by atoms with Gasteiger partial charge in [-0.3, -0.25) is 4.79 Å². The van der Waals surface area contributed by atoms with Crippen LogP contribution in [0.25, 0.3) is 0 Å². The van der Waals surface area contributed by atoms with Crippen LogP contribution in [-0.4, -0.2) is 36.3 Å². The molecule has 0 radical (unpaired) electrons. The zero-order valence-corrected chi connectivity index (χ0v) is 12.8. The zero-order chi connectivity index (χ0) is 15.7. The van der Waals surface area contributed by atoms with E-state index in [1.165, 1.54) is 24.3 Å². The molecule has 5 N–H and O–H groups in total.